The number of hydrogen-bond donors (Lipinski definition) is 1. The van der Waals surface area contributed by atoms with Crippen LogP contribution in [0.4, 0.5) is 0 Å². The van der Waals surface area contributed by atoms with Crippen LogP contribution in [0.15, 0.2) is 72.8 Å². The molecule has 1 atom stereocenters. The molecule has 1 saturated carbocycles. The van der Waals surface area contributed by atoms with Crippen molar-refractivity contribution in [1.29, 1.82) is 0 Å². The molecule has 2 amide bonds. The third-order valence-corrected chi connectivity index (χ3v) is 7.90. The normalized spacial score (nSPS) is 14.3. The van der Waals surface area contributed by atoms with Crippen LogP contribution in [0.2, 0.25) is 0 Å². The summed E-state index contributed by atoms with van der Waals surface area (Å²) in [6, 6.07) is 23.4. The van der Waals surface area contributed by atoms with E-state index in [9.17, 15) is 9.59 Å². The standard InChI is InChI=1S/C34H42N2O4/c1-25-12-10-11-15-28(25)24-36(33(37)21-19-27-18-20-31(39-2)32(23-27)40-3)30(22-26-13-6-4-7-14-26)34(38)35-29-16-8-5-9-17-29/h4,6-7,10-15,18,20,23,29-30H,5,8-9,16-17,19,21-22,24H2,1-3H3,(H,35,38)/t30-/m1/s1. The van der Waals surface area contributed by atoms with Crippen molar-refractivity contribution in [3.05, 3.63) is 95.1 Å². The average Bonchev–Trinajstić information content (AvgIpc) is 2.99. The molecule has 0 aliphatic heterocycles. The predicted molar refractivity (Wildman–Crippen MR) is 159 cm³/mol. The Labute approximate surface area is 238 Å². The second-order valence-electron chi connectivity index (χ2n) is 10.7. The summed E-state index contributed by atoms with van der Waals surface area (Å²) >= 11 is 0. The van der Waals surface area contributed by atoms with Crippen molar-refractivity contribution in [1.82, 2.24) is 10.2 Å². The highest BCUT2D eigenvalue weighted by Crippen LogP contribution is 2.28. The number of rotatable bonds is 12. The number of amides is 2. The third kappa shape index (κ3) is 7.87. The second kappa shape index (κ2) is 14.5. The zero-order valence-corrected chi connectivity index (χ0v) is 24.0. The molecule has 0 heterocycles. The minimum atomic E-state index is -0.609. The smallest absolute Gasteiger partial charge is 0.243 e. The summed E-state index contributed by atoms with van der Waals surface area (Å²) in [6.07, 6.45) is 6.75. The van der Waals surface area contributed by atoms with Gasteiger partial charge in [0.05, 0.1) is 14.2 Å². The highest BCUT2D eigenvalue weighted by Gasteiger charge is 2.32. The van der Waals surface area contributed by atoms with Crippen LogP contribution in [0.5, 0.6) is 11.5 Å². The van der Waals surface area contributed by atoms with Gasteiger partial charge in [0.2, 0.25) is 11.8 Å². The van der Waals surface area contributed by atoms with Crippen molar-refractivity contribution in [3.63, 3.8) is 0 Å². The van der Waals surface area contributed by atoms with Gasteiger partial charge >= 0.3 is 0 Å². The molecular formula is C34H42N2O4. The van der Waals surface area contributed by atoms with Gasteiger partial charge in [0.1, 0.15) is 6.04 Å². The molecule has 1 N–H and O–H groups in total. The molecule has 40 heavy (non-hydrogen) atoms. The van der Waals surface area contributed by atoms with E-state index in [0.717, 1.165) is 47.9 Å². The van der Waals surface area contributed by atoms with Crippen LogP contribution >= 0.6 is 0 Å². The fraction of sp³-hybridized carbons (Fsp3) is 0.412. The Morgan fingerprint density at radius 3 is 2.27 bits per heavy atom. The van der Waals surface area contributed by atoms with Gasteiger partial charge in [-0.15, -0.1) is 0 Å². The van der Waals surface area contributed by atoms with Crippen LogP contribution in [-0.4, -0.2) is 43.0 Å². The van der Waals surface area contributed by atoms with E-state index in [4.69, 9.17) is 9.47 Å². The Bertz CT molecular complexity index is 1250. The van der Waals surface area contributed by atoms with Gasteiger partial charge in [0.25, 0.3) is 0 Å². The van der Waals surface area contributed by atoms with Crippen LogP contribution in [0.3, 0.4) is 0 Å². The minimum Gasteiger partial charge on any atom is -0.493 e. The first-order chi connectivity index (χ1) is 19.5. The summed E-state index contributed by atoms with van der Waals surface area (Å²) in [5.74, 6) is 1.18. The van der Waals surface area contributed by atoms with E-state index in [1.807, 2.05) is 66.7 Å². The van der Waals surface area contributed by atoms with Crippen LogP contribution in [0.25, 0.3) is 0 Å². The molecule has 3 aromatic rings. The highest BCUT2D eigenvalue weighted by molar-refractivity contribution is 5.88. The fourth-order valence-corrected chi connectivity index (χ4v) is 5.50. The average molecular weight is 543 g/mol. The topological polar surface area (TPSA) is 67.9 Å². The molecule has 6 heteroatoms. The molecule has 0 aromatic heterocycles. The maximum Gasteiger partial charge on any atom is 0.243 e. The molecule has 0 spiro atoms. The highest BCUT2D eigenvalue weighted by atomic mass is 16.5. The Hall–Kier alpha value is -3.80. The van der Waals surface area contributed by atoms with Crippen LogP contribution < -0.4 is 14.8 Å². The number of nitrogens with zero attached hydrogens (tertiary/aromatic N) is 1. The number of carbonyl (C=O) groups is 2. The number of carbonyl (C=O) groups excluding carboxylic acids is 2. The summed E-state index contributed by atoms with van der Waals surface area (Å²) in [7, 11) is 3.21. The molecule has 6 nitrogen and oxygen atoms in total. The van der Waals surface area contributed by atoms with Crippen molar-refractivity contribution >= 4 is 11.8 Å². The molecule has 1 aliphatic rings. The van der Waals surface area contributed by atoms with E-state index in [2.05, 4.69) is 18.3 Å². The van der Waals surface area contributed by atoms with Gasteiger partial charge in [-0.3, -0.25) is 9.59 Å². The maximum absolute atomic E-state index is 14.0. The third-order valence-electron chi connectivity index (χ3n) is 7.90. The van der Waals surface area contributed by atoms with Crippen LogP contribution in [-0.2, 0) is 29.0 Å². The van der Waals surface area contributed by atoms with E-state index in [1.165, 1.54) is 6.42 Å². The Balaban J connectivity index is 1.61. The second-order valence-corrected chi connectivity index (χ2v) is 10.7. The molecule has 1 aliphatic carbocycles. The molecule has 0 saturated heterocycles. The van der Waals surface area contributed by atoms with Crippen molar-refractivity contribution < 1.29 is 19.1 Å². The Kier molecular flexibility index (Phi) is 10.6. The maximum atomic E-state index is 14.0. The number of benzene rings is 3. The molecular weight excluding hydrogens is 500 g/mol. The van der Waals surface area contributed by atoms with Gasteiger partial charge in [-0.1, -0.05) is 79.9 Å². The van der Waals surface area contributed by atoms with Crippen LogP contribution in [0, 0.1) is 6.92 Å². The molecule has 3 aromatic carbocycles. The largest absolute Gasteiger partial charge is 0.493 e. The summed E-state index contributed by atoms with van der Waals surface area (Å²) in [5, 5.41) is 3.31. The van der Waals surface area contributed by atoms with Gasteiger partial charge < -0.3 is 19.7 Å². The number of ether oxygens (including phenoxy) is 2. The molecule has 212 valence electrons. The van der Waals surface area contributed by atoms with E-state index in [0.29, 0.717) is 30.9 Å². The molecule has 1 fully saturated rings. The number of methoxy groups -OCH3 is 2. The first-order valence-corrected chi connectivity index (χ1v) is 14.4. The zero-order chi connectivity index (χ0) is 28.3. The quantitative estimate of drug-likeness (QED) is 0.303. The monoisotopic (exact) mass is 542 g/mol. The van der Waals surface area contributed by atoms with E-state index in [-0.39, 0.29) is 24.3 Å². The summed E-state index contributed by atoms with van der Waals surface area (Å²) in [6.45, 7) is 2.43. The fourth-order valence-electron chi connectivity index (χ4n) is 5.50. The van der Waals surface area contributed by atoms with E-state index < -0.39 is 6.04 Å². The molecule has 0 bridgehead atoms. The van der Waals surface area contributed by atoms with Crippen molar-refractivity contribution in [2.75, 3.05) is 14.2 Å². The molecule has 0 unspecified atom stereocenters. The lowest BCUT2D eigenvalue weighted by atomic mass is 9.94. The molecule has 4 rings (SSSR count). The summed E-state index contributed by atoms with van der Waals surface area (Å²) < 4.78 is 10.8. The first-order valence-electron chi connectivity index (χ1n) is 14.4. The van der Waals surface area contributed by atoms with E-state index in [1.54, 1.807) is 19.1 Å². The predicted octanol–water partition coefficient (Wildman–Crippen LogP) is 6.03. The molecule has 0 radical (unpaired) electrons. The lowest BCUT2D eigenvalue weighted by Gasteiger charge is -2.34. The van der Waals surface area contributed by atoms with Gasteiger partial charge in [0, 0.05) is 25.4 Å². The Morgan fingerprint density at radius 2 is 1.57 bits per heavy atom. The van der Waals surface area contributed by atoms with Gasteiger partial charge in [-0.2, -0.15) is 0 Å². The van der Waals surface area contributed by atoms with Crippen molar-refractivity contribution in [2.24, 2.45) is 0 Å². The zero-order valence-electron chi connectivity index (χ0n) is 24.0. The SMILES string of the molecule is COc1ccc(CCC(=O)N(Cc2ccccc2C)[C@H](Cc2ccccc2)C(=O)NC2CCCCC2)cc1OC. The number of aryl methyl sites for hydroxylation is 2. The number of hydrogen-bond acceptors (Lipinski definition) is 4. The van der Waals surface area contributed by atoms with Crippen molar-refractivity contribution in [2.45, 2.75) is 76.9 Å². The first kappa shape index (κ1) is 29.2. The van der Waals surface area contributed by atoms with Crippen LogP contribution in [0.1, 0.15) is 60.8 Å². The lowest BCUT2D eigenvalue weighted by Crippen LogP contribution is -2.53. The minimum absolute atomic E-state index is 0.0437. The summed E-state index contributed by atoms with van der Waals surface area (Å²) in [4.78, 5) is 29.8. The lowest BCUT2D eigenvalue weighted by molar-refractivity contribution is -0.141. The van der Waals surface area contributed by atoms with Gasteiger partial charge in [-0.05, 0) is 60.6 Å². The van der Waals surface area contributed by atoms with Gasteiger partial charge in [-0.25, -0.2) is 0 Å². The van der Waals surface area contributed by atoms with Crippen molar-refractivity contribution in [3.8, 4) is 11.5 Å². The number of nitrogens with one attached hydrogen (secondary N) is 1. The Morgan fingerprint density at radius 1 is 0.875 bits per heavy atom. The summed E-state index contributed by atoms with van der Waals surface area (Å²) in [5.41, 5.74) is 4.17. The van der Waals surface area contributed by atoms with E-state index >= 15 is 0 Å². The van der Waals surface area contributed by atoms with Gasteiger partial charge in [0.15, 0.2) is 11.5 Å².